The van der Waals surface area contributed by atoms with Crippen molar-refractivity contribution in [1.29, 1.82) is 0 Å². The highest BCUT2D eigenvalue weighted by molar-refractivity contribution is 6.18. The van der Waals surface area contributed by atoms with Crippen LogP contribution in [0.15, 0.2) is 23.5 Å². The summed E-state index contributed by atoms with van der Waals surface area (Å²) < 4.78 is 0. The first-order chi connectivity index (χ1) is 7.24. The lowest BCUT2D eigenvalue weighted by molar-refractivity contribution is 0.465. The fraction of sp³-hybridized carbons (Fsp3) is 0.273. The molecule has 0 unspecified atom stereocenters. The largest absolute Gasteiger partial charge is 0.505 e. The van der Waals surface area contributed by atoms with Crippen molar-refractivity contribution < 1.29 is 5.11 Å². The molecule has 78 valence electrons. The second-order valence-corrected chi connectivity index (χ2v) is 3.66. The van der Waals surface area contributed by atoms with Crippen LogP contribution < -0.4 is 0 Å². The van der Waals surface area contributed by atoms with Gasteiger partial charge in [0, 0.05) is 30.3 Å². The van der Waals surface area contributed by atoms with E-state index >= 15 is 0 Å². The van der Waals surface area contributed by atoms with Gasteiger partial charge in [-0.05, 0) is 12.5 Å². The number of rotatable bonds is 2. The molecule has 1 aromatic rings. The van der Waals surface area contributed by atoms with Crippen LogP contribution in [0.25, 0.3) is 0 Å². The Kier molecular flexibility index (Phi) is 2.73. The van der Waals surface area contributed by atoms with E-state index in [0.717, 1.165) is 23.3 Å². The van der Waals surface area contributed by atoms with Gasteiger partial charge in [0.1, 0.15) is 5.75 Å². The van der Waals surface area contributed by atoms with Gasteiger partial charge in [-0.3, -0.25) is 9.98 Å². The first-order valence-electron chi connectivity index (χ1n) is 4.69. The number of alkyl halides is 1. The zero-order valence-electron chi connectivity index (χ0n) is 8.37. The molecule has 0 radical (unpaired) electrons. The lowest BCUT2D eigenvalue weighted by Crippen LogP contribution is -2.04. The highest BCUT2D eigenvalue weighted by Gasteiger charge is 2.17. The maximum atomic E-state index is 9.94. The summed E-state index contributed by atoms with van der Waals surface area (Å²) in [5.74, 6) is 0.519. The van der Waals surface area contributed by atoms with Crippen molar-refractivity contribution >= 4 is 17.3 Å². The van der Waals surface area contributed by atoms with E-state index in [-0.39, 0.29) is 5.75 Å². The van der Waals surface area contributed by atoms with Crippen molar-refractivity contribution in [3.63, 3.8) is 0 Å². The van der Waals surface area contributed by atoms with Crippen LogP contribution >= 0.6 is 11.6 Å². The predicted octanol–water partition coefficient (Wildman–Crippen LogP) is 2.54. The van der Waals surface area contributed by atoms with Crippen molar-refractivity contribution in [2.24, 2.45) is 4.99 Å². The minimum atomic E-state index is 0.190. The van der Waals surface area contributed by atoms with Crippen molar-refractivity contribution in [2.45, 2.75) is 19.2 Å². The molecule has 1 N–H and O–H groups in total. The van der Waals surface area contributed by atoms with Crippen LogP contribution in [-0.4, -0.2) is 15.8 Å². The summed E-state index contributed by atoms with van der Waals surface area (Å²) in [5.41, 5.74) is 3.02. The Labute approximate surface area is 93.1 Å². The molecule has 1 aliphatic rings. The third-order valence-corrected chi connectivity index (χ3v) is 2.68. The number of aromatic nitrogens is 1. The first kappa shape index (κ1) is 10.2. The van der Waals surface area contributed by atoms with Gasteiger partial charge in [0.2, 0.25) is 0 Å². The molecule has 0 aliphatic carbocycles. The second-order valence-electron chi connectivity index (χ2n) is 3.39. The number of pyridine rings is 1. The van der Waals surface area contributed by atoms with E-state index in [1.807, 2.05) is 6.08 Å². The van der Waals surface area contributed by atoms with Gasteiger partial charge in [-0.1, -0.05) is 6.08 Å². The number of allylic oxidation sites excluding steroid dienone is 1. The minimum Gasteiger partial charge on any atom is -0.505 e. The van der Waals surface area contributed by atoms with Crippen molar-refractivity contribution in [2.75, 3.05) is 0 Å². The molecule has 0 spiro atoms. The van der Waals surface area contributed by atoms with E-state index < -0.39 is 0 Å². The number of aromatic hydroxyl groups is 1. The quantitative estimate of drug-likeness (QED) is 0.619. The summed E-state index contributed by atoms with van der Waals surface area (Å²) in [6.45, 7) is 1.76. The molecule has 0 saturated carbocycles. The molecule has 0 bridgehead atoms. The van der Waals surface area contributed by atoms with E-state index in [0.29, 0.717) is 11.6 Å². The molecule has 3 nitrogen and oxygen atoms in total. The number of halogens is 1. The Bertz CT molecular complexity index is 452. The first-order valence-corrected chi connectivity index (χ1v) is 5.23. The summed E-state index contributed by atoms with van der Waals surface area (Å²) >= 11 is 5.81. The third kappa shape index (κ3) is 1.75. The third-order valence-electron chi connectivity index (χ3n) is 2.39. The maximum Gasteiger partial charge on any atom is 0.146 e. The van der Waals surface area contributed by atoms with Crippen LogP contribution in [0.2, 0.25) is 0 Å². The number of hydrogen-bond donors (Lipinski definition) is 1. The normalized spacial score (nSPS) is 14.4. The average molecular weight is 224 g/mol. The molecule has 2 heterocycles. The topological polar surface area (TPSA) is 45.5 Å². The van der Waals surface area contributed by atoms with E-state index in [1.54, 1.807) is 19.3 Å². The fourth-order valence-electron chi connectivity index (χ4n) is 1.58. The van der Waals surface area contributed by atoms with Crippen LogP contribution in [-0.2, 0) is 5.88 Å². The summed E-state index contributed by atoms with van der Waals surface area (Å²) in [6.07, 6.45) is 6.12. The lowest BCUT2D eigenvalue weighted by Gasteiger charge is -2.10. The number of hydrogen-bond acceptors (Lipinski definition) is 3. The SMILES string of the molecule is Cc1ncc(CCl)c(C2=[15N]C=CC2)c1O. The average Bonchev–Trinajstić information content (AvgIpc) is 2.75. The summed E-state index contributed by atoms with van der Waals surface area (Å²) in [7, 11) is 0. The van der Waals surface area contributed by atoms with Crippen LogP contribution in [0.4, 0.5) is 0 Å². The predicted molar refractivity (Wildman–Crippen MR) is 60.5 cm³/mol. The number of nitrogens with zero attached hydrogens (tertiary/aromatic N) is 2. The molecule has 0 fully saturated rings. The Balaban J connectivity index is 2.56. The highest BCUT2D eigenvalue weighted by atomic mass is 35.5. The number of aryl methyl sites for hydroxylation is 1. The van der Waals surface area contributed by atoms with E-state index in [9.17, 15) is 5.11 Å². The van der Waals surface area contributed by atoms with E-state index in [2.05, 4.69) is 9.98 Å². The standard InChI is InChI=1S/C11H11ClN2O/c1-7-11(15)10(8(5-12)6-14-7)9-3-2-4-13-9/h2,4,6,15H,3,5H2,1H3/i13+1. The van der Waals surface area contributed by atoms with Gasteiger partial charge in [-0.25, -0.2) is 0 Å². The molecule has 2 rings (SSSR count). The fourth-order valence-corrected chi connectivity index (χ4v) is 1.79. The van der Waals surface area contributed by atoms with Gasteiger partial charge in [-0.15, -0.1) is 11.6 Å². The maximum absolute atomic E-state index is 9.94. The van der Waals surface area contributed by atoms with E-state index in [4.69, 9.17) is 11.6 Å². The Morgan fingerprint density at radius 3 is 2.93 bits per heavy atom. The van der Waals surface area contributed by atoms with Gasteiger partial charge in [0.25, 0.3) is 0 Å². The van der Waals surface area contributed by atoms with Crippen LogP contribution in [0.5, 0.6) is 5.75 Å². The molecule has 0 amide bonds. The van der Waals surface area contributed by atoms with Crippen LogP contribution in [0.1, 0.15) is 23.2 Å². The van der Waals surface area contributed by atoms with Crippen molar-refractivity contribution in [3.8, 4) is 5.75 Å². The minimum absolute atomic E-state index is 0.190. The van der Waals surface area contributed by atoms with Gasteiger partial charge in [0.15, 0.2) is 0 Å². The molecule has 15 heavy (non-hydrogen) atoms. The molecule has 1 aromatic heterocycles. The van der Waals surface area contributed by atoms with Gasteiger partial charge < -0.3 is 5.11 Å². The lowest BCUT2D eigenvalue weighted by atomic mass is 10.0. The Hall–Kier alpha value is -1.35. The van der Waals surface area contributed by atoms with Crippen LogP contribution in [0, 0.1) is 6.92 Å². The Morgan fingerprint density at radius 2 is 2.33 bits per heavy atom. The molecule has 0 saturated heterocycles. The summed E-state index contributed by atoms with van der Waals surface area (Å²) in [6, 6.07) is 0. The van der Waals surface area contributed by atoms with Gasteiger partial charge in [-0.2, -0.15) is 0 Å². The number of aliphatic imine (C=N–C) groups is 1. The molecule has 0 aromatic carbocycles. The molecule has 4 heteroatoms. The summed E-state index contributed by atoms with van der Waals surface area (Å²) in [4.78, 5) is 8.28. The zero-order chi connectivity index (χ0) is 10.8. The van der Waals surface area contributed by atoms with Crippen molar-refractivity contribution in [1.82, 2.24) is 4.98 Å². The van der Waals surface area contributed by atoms with Crippen LogP contribution in [0.3, 0.4) is 0 Å². The Morgan fingerprint density at radius 1 is 1.53 bits per heavy atom. The van der Waals surface area contributed by atoms with Gasteiger partial charge in [0.05, 0.1) is 11.4 Å². The molecular formula is C11H11ClN2O. The van der Waals surface area contributed by atoms with Gasteiger partial charge >= 0.3 is 0 Å². The highest BCUT2D eigenvalue weighted by Crippen LogP contribution is 2.28. The smallest absolute Gasteiger partial charge is 0.146 e. The summed E-state index contributed by atoms with van der Waals surface area (Å²) in [5, 5.41) is 9.94. The molecule has 0 atom stereocenters. The molecule has 1 aliphatic heterocycles. The van der Waals surface area contributed by atoms with E-state index in [1.165, 1.54) is 0 Å². The van der Waals surface area contributed by atoms with Crippen molar-refractivity contribution in [3.05, 3.63) is 35.3 Å². The second kappa shape index (κ2) is 4.03. The monoisotopic (exact) mass is 223 g/mol. The zero-order valence-corrected chi connectivity index (χ0v) is 9.12. The molecular weight excluding hydrogens is 213 g/mol.